The Balaban J connectivity index is 4.11. The van der Waals surface area contributed by atoms with Crippen LogP contribution in [0.15, 0.2) is 0 Å². The number of nitrogens with zero attached hydrogens (tertiary/aromatic N) is 1. The fourth-order valence-electron chi connectivity index (χ4n) is 1.92. The van der Waals surface area contributed by atoms with Crippen molar-refractivity contribution in [1.29, 1.82) is 0 Å². The molecule has 0 aromatic rings. The molecule has 0 bridgehead atoms. The highest BCUT2D eigenvalue weighted by molar-refractivity contribution is 4.80. The van der Waals surface area contributed by atoms with Gasteiger partial charge in [0.05, 0.1) is 0 Å². The Hall–Kier alpha value is -0.0800. The maximum atomic E-state index is 3.54. The summed E-state index contributed by atoms with van der Waals surface area (Å²) in [6.45, 7) is 20.2. The zero-order valence-corrected chi connectivity index (χ0v) is 11.9. The molecule has 0 aromatic carbocycles. The fourth-order valence-corrected chi connectivity index (χ4v) is 1.92. The lowest BCUT2D eigenvalue weighted by molar-refractivity contribution is 0.0976. The Kier molecular flexibility index (Phi) is 5.28. The summed E-state index contributed by atoms with van der Waals surface area (Å²) >= 11 is 0. The van der Waals surface area contributed by atoms with Crippen molar-refractivity contribution in [3.8, 4) is 0 Å². The van der Waals surface area contributed by atoms with Crippen LogP contribution in [-0.2, 0) is 0 Å². The van der Waals surface area contributed by atoms with Crippen LogP contribution in [0.25, 0.3) is 0 Å². The maximum absolute atomic E-state index is 3.54. The quantitative estimate of drug-likeness (QED) is 0.774. The highest BCUT2D eigenvalue weighted by atomic mass is 15.2. The van der Waals surface area contributed by atoms with Gasteiger partial charge >= 0.3 is 0 Å². The molecule has 0 fully saturated rings. The van der Waals surface area contributed by atoms with Gasteiger partial charge in [0.25, 0.3) is 0 Å². The van der Waals surface area contributed by atoms with Crippen molar-refractivity contribution in [2.75, 3.05) is 13.1 Å². The molecule has 0 aliphatic carbocycles. The monoisotopic (exact) mass is 214 g/mol. The summed E-state index contributed by atoms with van der Waals surface area (Å²) in [5, 5.41) is 3.54. The number of nitrogens with one attached hydrogen (secondary N) is 1. The molecular formula is C13H30N2. The average Bonchev–Trinajstić information content (AvgIpc) is 1.92. The van der Waals surface area contributed by atoms with Gasteiger partial charge in [-0.15, -0.1) is 0 Å². The zero-order chi connectivity index (χ0) is 12.3. The molecule has 15 heavy (non-hydrogen) atoms. The highest BCUT2D eigenvalue weighted by Crippen LogP contribution is 2.16. The number of hydrogen-bond acceptors (Lipinski definition) is 2. The first-order valence-electron chi connectivity index (χ1n) is 6.06. The van der Waals surface area contributed by atoms with Gasteiger partial charge in [-0.2, -0.15) is 0 Å². The van der Waals surface area contributed by atoms with E-state index < -0.39 is 0 Å². The minimum absolute atomic E-state index is 0.223. The summed E-state index contributed by atoms with van der Waals surface area (Å²) in [5.74, 6) is 0. The van der Waals surface area contributed by atoms with Crippen LogP contribution < -0.4 is 5.32 Å². The van der Waals surface area contributed by atoms with E-state index in [1.165, 1.54) is 0 Å². The molecule has 0 saturated carbocycles. The topological polar surface area (TPSA) is 15.3 Å². The van der Waals surface area contributed by atoms with Gasteiger partial charge in [0.1, 0.15) is 0 Å². The maximum Gasteiger partial charge on any atom is 0.0128 e. The molecule has 0 radical (unpaired) electrons. The molecule has 0 unspecified atom stereocenters. The normalized spacial score (nSPS) is 14.0. The molecule has 0 atom stereocenters. The van der Waals surface area contributed by atoms with Crippen LogP contribution >= 0.6 is 0 Å². The molecule has 1 N–H and O–H groups in total. The molecule has 0 saturated heterocycles. The molecule has 0 amide bonds. The minimum atomic E-state index is 0.223. The van der Waals surface area contributed by atoms with Crippen LogP contribution in [0.1, 0.15) is 55.4 Å². The second-order valence-electron chi connectivity index (χ2n) is 6.63. The van der Waals surface area contributed by atoms with E-state index in [2.05, 4.69) is 65.6 Å². The van der Waals surface area contributed by atoms with Crippen molar-refractivity contribution < 1.29 is 0 Å². The van der Waals surface area contributed by atoms with Crippen molar-refractivity contribution in [3.05, 3.63) is 0 Å². The second kappa shape index (κ2) is 5.31. The molecule has 92 valence electrons. The fraction of sp³-hybridized carbons (Fsp3) is 1.00. The lowest BCUT2D eigenvalue weighted by Crippen LogP contribution is -2.50. The van der Waals surface area contributed by atoms with Crippen LogP contribution in [-0.4, -0.2) is 35.1 Å². The Morgan fingerprint density at radius 2 is 1.47 bits per heavy atom. The first-order valence-corrected chi connectivity index (χ1v) is 6.06. The Morgan fingerprint density at radius 3 is 1.73 bits per heavy atom. The highest BCUT2D eigenvalue weighted by Gasteiger charge is 2.23. The summed E-state index contributed by atoms with van der Waals surface area (Å²) in [6, 6.07) is 0.603. The molecule has 2 heteroatoms. The van der Waals surface area contributed by atoms with E-state index in [0.29, 0.717) is 6.04 Å². The lowest BCUT2D eigenvalue weighted by atomic mass is 10.0. The van der Waals surface area contributed by atoms with Gasteiger partial charge in [0.2, 0.25) is 0 Å². The third kappa shape index (κ3) is 6.91. The minimum Gasteiger partial charge on any atom is -0.311 e. The molecular weight excluding hydrogens is 184 g/mol. The van der Waals surface area contributed by atoms with Crippen molar-refractivity contribution in [1.82, 2.24) is 10.2 Å². The van der Waals surface area contributed by atoms with E-state index >= 15 is 0 Å². The van der Waals surface area contributed by atoms with Gasteiger partial charge in [-0.1, -0.05) is 0 Å². The molecule has 0 aliphatic heterocycles. The summed E-state index contributed by atoms with van der Waals surface area (Å²) in [5.41, 5.74) is 0.480. The molecule has 0 aromatic heterocycles. The predicted molar refractivity (Wildman–Crippen MR) is 69.4 cm³/mol. The first kappa shape index (κ1) is 14.9. The smallest absolute Gasteiger partial charge is 0.0128 e. The third-order valence-electron chi connectivity index (χ3n) is 2.49. The van der Waals surface area contributed by atoms with Crippen molar-refractivity contribution >= 4 is 0 Å². The van der Waals surface area contributed by atoms with E-state index in [1.807, 2.05) is 0 Å². The van der Waals surface area contributed by atoms with Crippen molar-refractivity contribution in [2.45, 2.75) is 72.5 Å². The molecule has 2 nitrogen and oxygen atoms in total. The third-order valence-corrected chi connectivity index (χ3v) is 2.49. The van der Waals surface area contributed by atoms with E-state index in [-0.39, 0.29) is 11.1 Å². The number of hydrogen-bond donors (Lipinski definition) is 1. The zero-order valence-electron chi connectivity index (χ0n) is 11.9. The molecule has 0 heterocycles. The Labute approximate surface area is 96.4 Å². The van der Waals surface area contributed by atoms with E-state index in [9.17, 15) is 0 Å². The molecule has 0 spiro atoms. The van der Waals surface area contributed by atoms with Gasteiger partial charge in [-0.25, -0.2) is 0 Å². The van der Waals surface area contributed by atoms with Crippen LogP contribution in [0.3, 0.4) is 0 Å². The SMILES string of the molecule is CC(C)N(CCNC(C)(C)C)C(C)(C)C. The van der Waals surface area contributed by atoms with E-state index in [0.717, 1.165) is 13.1 Å². The Morgan fingerprint density at radius 1 is 1.00 bits per heavy atom. The standard InChI is InChI=1S/C13H30N2/c1-11(2)15(13(6,7)8)10-9-14-12(3,4)5/h11,14H,9-10H2,1-8H3. The van der Waals surface area contributed by atoms with Gasteiger partial charge in [-0.3, -0.25) is 4.90 Å². The van der Waals surface area contributed by atoms with E-state index in [1.54, 1.807) is 0 Å². The summed E-state index contributed by atoms with van der Waals surface area (Å²) in [6.07, 6.45) is 0. The van der Waals surface area contributed by atoms with Crippen molar-refractivity contribution in [3.63, 3.8) is 0 Å². The summed E-state index contributed by atoms with van der Waals surface area (Å²) in [7, 11) is 0. The van der Waals surface area contributed by atoms with Crippen LogP contribution in [0.5, 0.6) is 0 Å². The Bertz CT molecular complexity index is 172. The first-order chi connectivity index (χ1) is 6.54. The van der Waals surface area contributed by atoms with E-state index in [4.69, 9.17) is 0 Å². The van der Waals surface area contributed by atoms with Crippen molar-refractivity contribution in [2.24, 2.45) is 0 Å². The van der Waals surface area contributed by atoms with Gasteiger partial charge in [0.15, 0.2) is 0 Å². The molecule has 0 aliphatic rings. The van der Waals surface area contributed by atoms with Gasteiger partial charge in [0, 0.05) is 30.2 Å². The summed E-state index contributed by atoms with van der Waals surface area (Å²) < 4.78 is 0. The molecule has 0 rings (SSSR count). The van der Waals surface area contributed by atoms with Gasteiger partial charge in [-0.05, 0) is 55.4 Å². The van der Waals surface area contributed by atoms with Gasteiger partial charge < -0.3 is 5.32 Å². The van der Waals surface area contributed by atoms with Crippen LogP contribution in [0, 0.1) is 0 Å². The number of rotatable bonds is 4. The van der Waals surface area contributed by atoms with Crippen LogP contribution in [0.2, 0.25) is 0 Å². The van der Waals surface area contributed by atoms with Crippen LogP contribution in [0.4, 0.5) is 0 Å². The second-order valence-corrected chi connectivity index (χ2v) is 6.63. The lowest BCUT2D eigenvalue weighted by Gasteiger charge is -2.39. The average molecular weight is 214 g/mol. The predicted octanol–water partition coefficient (Wildman–Crippen LogP) is 2.88. The summed E-state index contributed by atoms with van der Waals surface area (Å²) in [4.78, 5) is 2.53. The largest absolute Gasteiger partial charge is 0.311 e.